The zero-order chi connectivity index (χ0) is 14.8. The molecule has 1 heterocycles. The summed E-state index contributed by atoms with van der Waals surface area (Å²) in [5.74, 6) is -1.66. The van der Waals surface area contributed by atoms with E-state index in [1.165, 1.54) is 0 Å². The fourth-order valence-corrected chi connectivity index (χ4v) is 2.11. The van der Waals surface area contributed by atoms with Gasteiger partial charge in [0.2, 0.25) is 0 Å². The maximum atomic E-state index is 10.8. The number of carboxylic acids is 2. The second-order valence-corrected chi connectivity index (χ2v) is 4.83. The van der Waals surface area contributed by atoms with E-state index in [1.54, 1.807) is 0 Å². The normalized spacial score (nSPS) is 19.0. The van der Waals surface area contributed by atoms with Gasteiger partial charge in [-0.05, 0) is 0 Å². The maximum Gasteiger partial charge on any atom is 0.317 e. The summed E-state index contributed by atoms with van der Waals surface area (Å²) in [6, 6.07) is 0. The summed E-state index contributed by atoms with van der Waals surface area (Å²) >= 11 is 0. The molecule has 0 aromatic heterocycles. The van der Waals surface area contributed by atoms with Crippen LogP contribution in [0.15, 0.2) is 0 Å². The molecule has 0 amide bonds. The van der Waals surface area contributed by atoms with Crippen molar-refractivity contribution in [3.8, 4) is 0 Å². The van der Waals surface area contributed by atoms with E-state index in [0.29, 0.717) is 13.1 Å². The Kier molecular flexibility index (Phi) is 8.12. The number of nitrogens with one attached hydrogen (secondary N) is 2. The smallest absolute Gasteiger partial charge is 0.317 e. The standard InChI is InChI=1S/C12H24N4O4/c17-11(18)9-14-3-5-15-4-1-13-2-6-16(8-7-15)10-12(19)20/h13-14H,1-10H2,(H,17,18)(H,19,20). The Balaban J connectivity index is 2.30. The molecular weight excluding hydrogens is 264 g/mol. The summed E-state index contributed by atoms with van der Waals surface area (Å²) in [4.78, 5) is 25.3. The molecule has 8 heteroatoms. The molecule has 0 spiro atoms. The van der Waals surface area contributed by atoms with Crippen molar-refractivity contribution in [2.24, 2.45) is 0 Å². The van der Waals surface area contributed by atoms with E-state index < -0.39 is 11.9 Å². The summed E-state index contributed by atoms with van der Waals surface area (Å²) in [5, 5.41) is 23.5. The molecule has 4 N–H and O–H groups in total. The van der Waals surface area contributed by atoms with Crippen LogP contribution in [0.25, 0.3) is 0 Å². The third-order valence-electron chi connectivity index (χ3n) is 3.18. The van der Waals surface area contributed by atoms with Crippen molar-refractivity contribution in [3.05, 3.63) is 0 Å². The Morgan fingerprint density at radius 1 is 1.00 bits per heavy atom. The fourth-order valence-electron chi connectivity index (χ4n) is 2.11. The van der Waals surface area contributed by atoms with E-state index in [4.69, 9.17) is 10.2 Å². The first-order valence-electron chi connectivity index (χ1n) is 6.87. The molecule has 0 radical (unpaired) electrons. The van der Waals surface area contributed by atoms with Gasteiger partial charge in [-0.25, -0.2) is 0 Å². The zero-order valence-electron chi connectivity index (χ0n) is 11.7. The van der Waals surface area contributed by atoms with Gasteiger partial charge < -0.3 is 20.8 Å². The van der Waals surface area contributed by atoms with Gasteiger partial charge in [0, 0.05) is 52.4 Å². The van der Waals surface area contributed by atoms with Crippen LogP contribution < -0.4 is 10.6 Å². The van der Waals surface area contributed by atoms with Crippen molar-refractivity contribution < 1.29 is 19.8 Å². The minimum Gasteiger partial charge on any atom is -0.480 e. The van der Waals surface area contributed by atoms with Gasteiger partial charge in [-0.2, -0.15) is 0 Å². The topological polar surface area (TPSA) is 105 Å². The van der Waals surface area contributed by atoms with Crippen molar-refractivity contribution in [2.45, 2.75) is 0 Å². The number of carbonyl (C=O) groups is 2. The average molecular weight is 288 g/mol. The number of hydrogen-bond acceptors (Lipinski definition) is 6. The molecule has 8 nitrogen and oxygen atoms in total. The third-order valence-corrected chi connectivity index (χ3v) is 3.18. The summed E-state index contributed by atoms with van der Waals surface area (Å²) in [5.41, 5.74) is 0. The molecule has 0 aromatic carbocycles. The lowest BCUT2D eigenvalue weighted by Crippen LogP contribution is -2.41. The van der Waals surface area contributed by atoms with Crippen LogP contribution in [-0.2, 0) is 9.59 Å². The third kappa shape index (κ3) is 8.05. The van der Waals surface area contributed by atoms with Crippen LogP contribution in [0.5, 0.6) is 0 Å². The average Bonchev–Trinajstić information content (AvgIpc) is 2.47. The van der Waals surface area contributed by atoms with Gasteiger partial charge in [0.15, 0.2) is 0 Å². The predicted molar refractivity (Wildman–Crippen MR) is 73.9 cm³/mol. The van der Waals surface area contributed by atoms with Crippen LogP contribution in [0.1, 0.15) is 0 Å². The summed E-state index contributed by atoms with van der Waals surface area (Å²) < 4.78 is 0. The summed E-state index contributed by atoms with van der Waals surface area (Å²) in [6.07, 6.45) is 0. The van der Waals surface area contributed by atoms with Crippen molar-refractivity contribution in [3.63, 3.8) is 0 Å². The minimum absolute atomic E-state index is 0.0305. The maximum absolute atomic E-state index is 10.8. The highest BCUT2D eigenvalue weighted by molar-refractivity contribution is 5.69. The Labute approximate surface area is 118 Å². The van der Waals surface area contributed by atoms with E-state index in [1.807, 2.05) is 4.90 Å². The van der Waals surface area contributed by atoms with Crippen molar-refractivity contribution >= 4 is 11.9 Å². The van der Waals surface area contributed by atoms with Gasteiger partial charge in [0.05, 0.1) is 13.1 Å². The molecule has 1 saturated heterocycles. The van der Waals surface area contributed by atoms with E-state index in [0.717, 1.165) is 39.3 Å². The summed E-state index contributed by atoms with van der Waals surface area (Å²) in [7, 11) is 0. The molecule has 1 rings (SSSR count). The van der Waals surface area contributed by atoms with Gasteiger partial charge >= 0.3 is 11.9 Å². The SMILES string of the molecule is O=C(O)CNCCN1CCNCCN(CC(=O)O)CC1. The largest absolute Gasteiger partial charge is 0.480 e. The van der Waals surface area contributed by atoms with Crippen LogP contribution in [0.2, 0.25) is 0 Å². The van der Waals surface area contributed by atoms with Crippen LogP contribution in [0.3, 0.4) is 0 Å². The molecule has 1 fully saturated rings. The number of carboxylic acid groups (broad SMARTS) is 2. The zero-order valence-corrected chi connectivity index (χ0v) is 11.7. The number of rotatable bonds is 7. The first-order valence-corrected chi connectivity index (χ1v) is 6.87. The quantitative estimate of drug-likeness (QED) is 0.397. The van der Waals surface area contributed by atoms with E-state index in [-0.39, 0.29) is 13.1 Å². The Morgan fingerprint density at radius 3 is 2.30 bits per heavy atom. The Morgan fingerprint density at radius 2 is 1.65 bits per heavy atom. The van der Waals surface area contributed by atoms with Crippen LogP contribution in [-0.4, -0.2) is 97.4 Å². The highest BCUT2D eigenvalue weighted by Gasteiger charge is 2.13. The molecule has 0 unspecified atom stereocenters. The van der Waals surface area contributed by atoms with Gasteiger partial charge in [0.1, 0.15) is 0 Å². The van der Waals surface area contributed by atoms with Crippen molar-refractivity contribution in [2.75, 3.05) is 65.4 Å². The van der Waals surface area contributed by atoms with Crippen LogP contribution in [0.4, 0.5) is 0 Å². The lowest BCUT2D eigenvalue weighted by atomic mass is 10.4. The Hall–Kier alpha value is -1.22. The first kappa shape index (κ1) is 16.8. The molecule has 20 heavy (non-hydrogen) atoms. The molecule has 0 bridgehead atoms. The molecular formula is C12H24N4O4. The summed E-state index contributed by atoms with van der Waals surface area (Å²) in [6.45, 7) is 6.19. The lowest BCUT2D eigenvalue weighted by molar-refractivity contribution is -0.138. The monoisotopic (exact) mass is 288 g/mol. The Bertz CT molecular complexity index is 314. The van der Waals surface area contributed by atoms with Gasteiger partial charge in [-0.15, -0.1) is 0 Å². The highest BCUT2D eigenvalue weighted by atomic mass is 16.4. The molecule has 0 saturated carbocycles. The second-order valence-electron chi connectivity index (χ2n) is 4.83. The lowest BCUT2D eigenvalue weighted by Gasteiger charge is -2.24. The second kappa shape index (κ2) is 9.65. The number of hydrogen-bond donors (Lipinski definition) is 4. The first-order chi connectivity index (χ1) is 9.58. The number of aliphatic carboxylic acids is 2. The highest BCUT2D eigenvalue weighted by Crippen LogP contribution is 1.94. The molecule has 1 aliphatic rings. The van der Waals surface area contributed by atoms with Gasteiger partial charge in [-0.1, -0.05) is 0 Å². The molecule has 1 aliphatic heterocycles. The van der Waals surface area contributed by atoms with E-state index in [2.05, 4.69) is 15.5 Å². The fraction of sp³-hybridized carbons (Fsp3) is 0.833. The number of nitrogens with zero attached hydrogens (tertiary/aromatic N) is 2. The molecule has 0 aromatic rings. The minimum atomic E-state index is -0.858. The predicted octanol–water partition coefficient (Wildman–Crippen LogP) is -2.05. The molecule has 0 aliphatic carbocycles. The van der Waals surface area contributed by atoms with Gasteiger partial charge in [0.25, 0.3) is 0 Å². The van der Waals surface area contributed by atoms with Crippen molar-refractivity contribution in [1.82, 2.24) is 20.4 Å². The molecule has 0 atom stereocenters. The van der Waals surface area contributed by atoms with E-state index >= 15 is 0 Å². The van der Waals surface area contributed by atoms with Crippen LogP contribution in [0, 0.1) is 0 Å². The van der Waals surface area contributed by atoms with Gasteiger partial charge in [-0.3, -0.25) is 19.4 Å². The van der Waals surface area contributed by atoms with Crippen molar-refractivity contribution in [1.29, 1.82) is 0 Å². The van der Waals surface area contributed by atoms with Crippen LogP contribution >= 0.6 is 0 Å². The molecule has 116 valence electrons. The van der Waals surface area contributed by atoms with E-state index in [9.17, 15) is 9.59 Å².